The molecule has 146 valence electrons. The molecule has 3 aromatic carbocycles. The maximum atomic E-state index is 4.98. The summed E-state index contributed by atoms with van der Waals surface area (Å²) in [4.78, 5) is 4.98. The topological polar surface area (TPSA) is 42.2 Å². The highest BCUT2D eigenvalue weighted by molar-refractivity contribution is 5.80. The van der Waals surface area contributed by atoms with Crippen molar-refractivity contribution in [2.24, 2.45) is 0 Å². The van der Waals surface area contributed by atoms with E-state index in [0.29, 0.717) is 0 Å². The molecule has 0 aliphatic heterocycles. The zero-order valence-corrected chi connectivity index (χ0v) is 16.7. The van der Waals surface area contributed by atoms with Gasteiger partial charge < -0.3 is 5.32 Å². The molecule has 5 rings (SSSR count). The predicted octanol–water partition coefficient (Wildman–Crippen LogP) is 6.24. The quantitative estimate of drug-likeness (QED) is 0.386. The minimum Gasteiger partial charge on any atom is -0.363 e. The molecule has 1 atom stereocenters. The first kappa shape index (κ1) is 18.1. The Morgan fingerprint density at radius 2 is 1.37 bits per heavy atom. The van der Waals surface area contributed by atoms with Crippen molar-refractivity contribution in [2.75, 3.05) is 5.32 Å². The minimum atomic E-state index is 0.129. The predicted molar refractivity (Wildman–Crippen MR) is 122 cm³/mol. The fourth-order valence-corrected chi connectivity index (χ4v) is 3.69. The number of nitrogens with one attached hydrogen (secondary N) is 1. The first-order valence-electron chi connectivity index (χ1n) is 10.1. The SMILES string of the molecule is C[C@H](Nc1cc(-c2ccccc2)nc2c(-c3ccccc3)cnn12)c1ccccc1. The Morgan fingerprint density at radius 1 is 0.767 bits per heavy atom. The first-order valence-corrected chi connectivity index (χ1v) is 10.1. The normalized spacial score (nSPS) is 12.0. The fraction of sp³-hybridized carbons (Fsp3) is 0.0769. The molecule has 0 saturated carbocycles. The second-order valence-electron chi connectivity index (χ2n) is 7.33. The fourth-order valence-electron chi connectivity index (χ4n) is 3.69. The minimum absolute atomic E-state index is 0.129. The lowest BCUT2D eigenvalue weighted by molar-refractivity contribution is 0.841. The van der Waals surface area contributed by atoms with E-state index < -0.39 is 0 Å². The van der Waals surface area contributed by atoms with Gasteiger partial charge in [0.15, 0.2) is 5.65 Å². The third-order valence-corrected chi connectivity index (χ3v) is 5.29. The summed E-state index contributed by atoms with van der Waals surface area (Å²) in [6, 6.07) is 33.2. The number of aromatic nitrogens is 3. The van der Waals surface area contributed by atoms with Crippen LogP contribution in [0.3, 0.4) is 0 Å². The van der Waals surface area contributed by atoms with Gasteiger partial charge in [0.25, 0.3) is 0 Å². The van der Waals surface area contributed by atoms with Crippen molar-refractivity contribution in [3.8, 4) is 22.4 Å². The zero-order chi connectivity index (χ0) is 20.3. The molecule has 0 unspecified atom stereocenters. The lowest BCUT2D eigenvalue weighted by Crippen LogP contribution is -2.11. The molecule has 0 saturated heterocycles. The molecule has 4 nitrogen and oxygen atoms in total. The summed E-state index contributed by atoms with van der Waals surface area (Å²) < 4.78 is 1.90. The van der Waals surface area contributed by atoms with E-state index in [9.17, 15) is 0 Å². The largest absolute Gasteiger partial charge is 0.363 e. The molecule has 2 heterocycles. The Morgan fingerprint density at radius 3 is 2.03 bits per heavy atom. The van der Waals surface area contributed by atoms with Gasteiger partial charge in [-0.2, -0.15) is 9.61 Å². The van der Waals surface area contributed by atoms with Crippen molar-refractivity contribution in [3.63, 3.8) is 0 Å². The summed E-state index contributed by atoms with van der Waals surface area (Å²) in [6.45, 7) is 2.16. The lowest BCUT2D eigenvalue weighted by atomic mass is 10.1. The van der Waals surface area contributed by atoms with E-state index >= 15 is 0 Å². The van der Waals surface area contributed by atoms with Gasteiger partial charge in [0.1, 0.15) is 5.82 Å². The van der Waals surface area contributed by atoms with Crippen molar-refractivity contribution < 1.29 is 0 Å². The number of benzene rings is 3. The Labute approximate surface area is 175 Å². The van der Waals surface area contributed by atoms with Gasteiger partial charge in [-0.25, -0.2) is 4.98 Å². The molecule has 0 amide bonds. The van der Waals surface area contributed by atoms with Crippen molar-refractivity contribution in [1.82, 2.24) is 14.6 Å². The van der Waals surface area contributed by atoms with E-state index in [4.69, 9.17) is 4.98 Å². The van der Waals surface area contributed by atoms with Crippen molar-refractivity contribution in [3.05, 3.63) is 109 Å². The van der Waals surface area contributed by atoms with Gasteiger partial charge in [-0.15, -0.1) is 0 Å². The van der Waals surface area contributed by atoms with Gasteiger partial charge in [-0.05, 0) is 18.1 Å². The maximum absolute atomic E-state index is 4.98. The Balaban J connectivity index is 1.66. The Kier molecular flexibility index (Phi) is 4.74. The summed E-state index contributed by atoms with van der Waals surface area (Å²) in [5.41, 5.74) is 6.18. The van der Waals surface area contributed by atoms with E-state index in [2.05, 4.69) is 71.9 Å². The van der Waals surface area contributed by atoms with Crippen molar-refractivity contribution in [1.29, 1.82) is 0 Å². The third kappa shape index (κ3) is 3.44. The average Bonchev–Trinajstić information content (AvgIpc) is 3.25. The Hall–Kier alpha value is -3.92. The van der Waals surface area contributed by atoms with Gasteiger partial charge in [0.05, 0.1) is 11.9 Å². The highest BCUT2D eigenvalue weighted by Crippen LogP contribution is 2.30. The van der Waals surface area contributed by atoms with E-state index in [1.165, 1.54) is 5.56 Å². The lowest BCUT2D eigenvalue weighted by Gasteiger charge is -2.17. The number of fused-ring (bicyclic) bond motifs is 1. The number of nitrogens with zero attached hydrogens (tertiary/aromatic N) is 3. The maximum Gasteiger partial charge on any atom is 0.165 e. The highest BCUT2D eigenvalue weighted by Gasteiger charge is 2.15. The molecule has 1 N–H and O–H groups in total. The van der Waals surface area contributed by atoms with E-state index in [-0.39, 0.29) is 6.04 Å². The molecule has 0 bridgehead atoms. The van der Waals surface area contributed by atoms with Crippen molar-refractivity contribution >= 4 is 11.5 Å². The molecule has 5 aromatic rings. The monoisotopic (exact) mass is 390 g/mol. The van der Waals surface area contributed by atoms with Crippen LogP contribution in [0.2, 0.25) is 0 Å². The van der Waals surface area contributed by atoms with Gasteiger partial charge in [0, 0.05) is 23.2 Å². The molecule has 2 aromatic heterocycles. The average molecular weight is 390 g/mol. The second-order valence-corrected chi connectivity index (χ2v) is 7.33. The van der Waals surface area contributed by atoms with Crippen LogP contribution in [0, 0.1) is 0 Å². The van der Waals surface area contributed by atoms with Crippen LogP contribution < -0.4 is 5.32 Å². The Bertz CT molecular complexity index is 1260. The summed E-state index contributed by atoms with van der Waals surface area (Å²) in [7, 11) is 0. The van der Waals surface area contributed by atoms with Crippen LogP contribution in [0.15, 0.2) is 103 Å². The van der Waals surface area contributed by atoms with Crippen LogP contribution in [0.4, 0.5) is 5.82 Å². The van der Waals surface area contributed by atoms with Gasteiger partial charge in [-0.1, -0.05) is 91.0 Å². The highest BCUT2D eigenvalue weighted by atomic mass is 15.3. The summed E-state index contributed by atoms with van der Waals surface area (Å²) in [5, 5.41) is 8.30. The molecular formula is C26H22N4. The van der Waals surface area contributed by atoms with E-state index in [1.54, 1.807) is 0 Å². The number of anilines is 1. The van der Waals surface area contributed by atoms with Crippen LogP contribution in [-0.2, 0) is 0 Å². The molecule has 0 radical (unpaired) electrons. The van der Waals surface area contributed by atoms with Gasteiger partial charge in [-0.3, -0.25) is 0 Å². The molecular weight excluding hydrogens is 368 g/mol. The summed E-state index contributed by atoms with van der Waals surface area (Å²) in [5.74, 6) is 0.914. The smallest absolute Gasteiger partial charge is 0.165 e. The van der Waals surface area contributed by atoms with Crippen LogP contribution in [0.5, 0.6) is 0 Å². The zero-order valence-electron chi connectivity index (χ0n) is 16.7. The van der Waals surface area contributed by atoms with Crippen molar-refractivity contribution in [2.45, 2.75) is 13.0 Å². The van der Waals surface area contributed by atoms with Gasteiger partial charge in [0.2, 0.25) is 0 Å². The molecule has 0 spiro atoms. The van der Waals surface area contributed by atoms with Crippen LogP contribution in [0.25, 0.3) is 28.0 Å². The molecule has 0 aliphatic carbocycles. The van der Waals surface area contributed by atoms with Crippen LogP contribution >= 0.6 is 0 Å². The molecule has 0 fully saturated rings. The molecule has 30 heavy (non-hydrogen) atoms. The number of rotatable bonds is 5. The van der Waals surface area contributed by atoms with Crippen LogP contribution in [0.1, 0.15) is 18.5 Å². The van der Waals surface area contributed by atoms with Crippen LogP contribution in [-0.4, -0.2) is 14.6 Å². The number of hydrogen-bond donors (Lipinski definition) is 1. The molecule has 4 heteroatoms. The first-order chi connectivity index (χ1) is 14.8. The summed E-state index contributed by atoms with van der Waals surface area (Å²) in [6.07, 6.45) is 1.89. The third-order valence-electron chi connectivity index (χ3n) is 5.29. The van der Waals surface area contributed by atoms with Gasteiger partial charge >= 0.3 is 0 Å². The molecule has 0 aliphatic rings. The number of hydrogen-bond acceptors (Lipinski definition) is 3. The summed E-state index contributed by atoms with van der Waals surface area (Å²) >= 11 is 0. The van der Waals surface area contributed by atoms with E-state index in [0.717, 1.165) is 33.8 Å². The second kappa shape index (κ2) is 7.84. The standard InChI is InChI=1S/C26H22N4/c1-19(20-11-5-2-6-12-20)28-25-17-24(22-15-9-4-10-16-22)29-26-23(18-27-30(25)26)21-13-7-3-8-14-21/h2-19,28H,1H3/t19-/m0/s1. The van der Waals surface area contributed by atoms with E-state index in [1.807, 2.05) is 53.2 Å².